The standard InChI is InChI=1S/C11H16N2O4/c1-11(13-10(15)17-3)6-4-5-8(7-11)12-9(14)16-2/h4-6H,7H2,1-3H3,(H,12,14)(H,13,15). The zero-order valence-corrected chi connectivity index (χ0v) is 10.1. The highest BCUT2D eigenvalue weighted by Gasteiger charge is 2.27. The van der Waals surface area contributed by atoms with Gasteiger partial charge in [-0.25, -0.2) is 9.59 Å². The van der Waals surface area contributed by atoms with Crippen molar-refractivity contribution in [1.82, 2.24) is 10.6 Å². The molecule has 94 valence electrons. The van der Waals surface area contributed by atoms with E-state index in [-0.39, 0.29) is 0 Å². The summed E-state index contributed by atoms with van der Waals surface area (Å²) in [6, 6.07) is 0. The van der Waals surface area contributed by atoms with E-state index in [4.69, 9.17) is 0 Å². The highest BCUT2D eigenvalue weighted by Crippen LogP contribution is 2.21. The predicted molar refractivity (Wildman–Crippen MR) is 61.3 cm³/mol. The molecule has 6 nitrogen and oxygen atoms in total. The Morgan fingerprint density at radius 2 is 1.94 bits per heavy atom. The molecule has 1 atom stereocenters. The van der Waals surface area contributed by atoms with Crippen molar-refractivity contribution in [2.45, 2.75) is 18.9 Å². The Bertz CT molecular complexity index is 376. The summed E-state index contributed by atoms with van der Waals surface area (Å²) in [5.41, 5.74) is 0.0799. The summed E-state index contributed by atoms with van der Waals surface area (Å²) in [4.78, 5) is 22.2. The molecule has 1 aliphatic rings. The van der Waals surface area contributed by atoms with Gasteiger partial charge in [-0.15, -0.1) is 0 Å². The number of methoxy groups -OCH3 is 2. The first-order chi connectivity index (χ1) is 7.99. The fraction of sp³-hybridized carbons (Fsp3) is 0.455. The summed E-state index contributed by atoms with van der Waals surface area (Å²) in [5, 5.41) is 5.26. The van der Waals surface area contributed by atoms with Gasteiger partial charge < -0.3 is 14.8 Å². The summed E-state index contributed by atoms with van der Waals surface area (Å²) in [5.74, 6) is 0. The van der Waals surface area contributed by atoms with E-state index in [0.717, 1.165) is 0 Å². The second-order valence-electron chi connectivity index (χ2n) is 3.88. The van der Waals surface area contributed by atoms with Crippen LogP contribution in [0.15, 0.2) is 23.9 Å². The van der Waals surface area contributed by atoms with Crippen LogP contribution in [0.3, 0.4) is 0 Å². The maximum atomic E-state index is 11.2. The molecule has 0 bridgehead atoms. The van der Waals surface area contributed by atoms with Gasteiger partial charge in [0.1, 0.15) is 0 Å². The van der Waals surface area contributed by atoms with Crippen molar-refractivity contribution in [2.75, 3.05) is 14.2 Å². The Kier molecular flexibility index (Phi) is 4.14. The number of hydrogen-bond donors (Lipinski definition) is 2. The lowest BCUT2D eigenvalue weighted by Gasteiger charge is -2.30. The largest absolute Gasteiger partial charge is 0.453 e. The van der Waals surface area contributed by atoms with E-state index in [2.05, 4.69) is 20.1 Å². The molecule has 0 fully saturated rings. The van der Waals surface area contributed by atoms with Gasteiger partial charge >= 0.3 is 12.2 Å². The Labute approximate surface area is 99.7 Å². The Morgan fingerprint density at radius 3 is 2.53 bits per heavy atom. The summed E-state index contributed by atoms with van der Waals surface area (Å²) < 4.78 is 9.04. The van der Waals surface area contributed by atoms with Crippen LogP contribution in [0.2, 0.25) is 0 Å². The average Bonchev–Trinajstić information content (AvgIpc) is 2.28. The molecule has 0 saturated carbocycles. The van der Waals surface area contributed by atoms with Crippen molar-refractivity contribution in [1.29, 1.82) is 0 Å². The highest BCUT2D eigenvalue weighted by molar-refractivity contribution is 5.70. The molecule has 0 radical (unpaired) electrons. The summed E-state index contributed by atoms with van der Waals surface area (Å²) in [6.45, 7) is 1.83. The van der Waals surface area contributed by atoms with Gasteiger partial charge in [0, 0.05) is 12.1 Å². The number of carbonyl (C=O) groups is 2. The van der Waals surface area contributed by atoms with Crippen molar-refractivity contribution in [3.05, 3.63) is 23.9 Å². The molecule has 1 aliphatic carbocycles. The Balaban J connectivity index is 2.64. The van der Waals surface area contributed by atoms with Crippen LogP contribution in [0, 0.1) is 0 Å². The van der Waals surface area contributed by atoms with E-state index < -0.39 is 17.7 Å². The Morgan fingerprint density at radius 1 is 1.29 bits per heavy atom. The highest BCUT2D eigenvalue weighted by atomic mass is 16.5. The van der Waals surface area contributed by atoms with E-state index in [1.807, 2.05) is 13.0 Å². The number of ether oxygens (including phenoxy) is 2. The summed E-state index contributed by atoms with van der Waals surface area (Å²) >= 11 is 0. The minimum atomic E-state index is -0.585. The first-order valence-electron chi connectivity index (χ1n) is 5.08. The molecule has 0 heterocycles. The van der Waals surface area contributed by atoms with Crippen molar-refractivity contribution in [3.8, 4) is 0 Å². The molecule has 2 N–H and O–H groups in total. The van der Waals surface area contributed by atoms with Gasteiger partial charge in [0.2, 0.25) is 0 Å². The number of carbonyl (C=O) groups excluding carboxylic acids is 2. The van der Waals surface area contributed by atoms with Crippen LogP contribution in [-0.2, 0) is 9.47 Å². The molecule has 0 aromatic heterocycles. The van der Waals surface area contributed by atoms with E-state index in [1.165, 1.54) is 14.2 Å². The first kappa shape index (κ1) is 13.1. The molecule has 17 heavy (non-hydrogen) atoms. The molecule has 0 saturated heterocycles. The smallest absolute Gasteiger partial charge is 0.411 e. The van der Waals surface area contributed by atoms with E-state index >= 15 is 0 Å². The van der Waals surface area contributed by atoms with Crippen molar-refractivity contribution >= 4 is 12.2 Å². The number of allylic oxidation sites excluding steroid dienone is 2. The van der Waals surface area contributed by atoms with Crippen LogP contribution in [0.5, 0.6) is 0 Å². The number of amides is 2. The van der Waals surface area contributed by atoms with Gasteiger partial charge in [0.15, 0.2) is 0 Å². The van der Waals surface area contributed by atoms with Crippen molar-refractivity contribution in [2.24, 2.45) is 0 Å². The van der Waals surface area contributed by atoms with Crippen LogP contribution in [0.4, 0.5) is 9.59 Å². The van der Waals surface area contributed by atoms with E-state index in [1.54, 1.807) is 12.2 Å². The van der Waals surface area contributed by atoms with Gasteiger partial charge in [0.25, 0.3) is 0 Å². The third kappa shape index (κ3) is 3.82. The lowest BCUT2D eigenvalue weighted by Crippen LogP contribution is -2.46. The zero-order chi connectivity index (χ0) is 12.9. The molecular weight excluding hydrogens is 224 g/mol. The number of alkyl carbamates (subject to hydrolysis) is 2. The average molecular weight is 240 g/mol. The molecule has 0 aliphatic heterocycles. The summed E-state index contributed by atoms with van der Waals surface area (Å²) in [6.07, 6.45) is 4.73. The maximum absolute atomic E-state index is 11.2. The molecule has 2 amide bonds. The van der Waals surface area contributed by atoms with Gasteiger partial charge in [-0.05, 0) is 13.0 Å². The van der Waals surface area contributed by atoms with Crippen LogP contribution in [-0.4, -0.2) is 31.9 Å². The number of rotatable bonds is 2. The second kappa shape index (κ2) is 5.38. The molecule has 0 aromatic rings. The minimum Gasteiger partial charge on any atom is -0.453 e. The normalized spacial score (nSPS) is 22.4. The zero-order valence-electron chi connectivity index (χ0n) is 10.1. The molecular formula is C11H16N2O4. The molecule has 1 rings (SSSR count). The fourth-order valence-electron chi connectivity index (χ4n) is 1.53. The number of nitrogens with one attached hydrogen (secondary N) is 2. The SMILES string of the molecule is COC(=O)NC1=CC=CC(C)(NC(=O)OC)C1. The Hall–Kier alpha value is -1.98. The van der Waals surface area contributed by atoms with Gasteiger partial charge in [-0.2, -0.15) is 0 Å². The van der Waals surface area contributed by atoms with Gasteiger partial charge in [0.05, 0.1) is 19.8 Å². The van der Waals surface area contributed by atoms with Crippen molar-refractivity contribution in [3.63, 3.8) is 0 Å². The van der Waals surface area contributed by atoms with E-state index in [9.17, 15) is 9.59 Å². The second-order valence-corrected chi connectivity index (χ2v) is 3.88. The number of hydrogen-bond acceptors (Lipinski definition) is 4. The molecule has 1 unspecified atom stereocenters. The summed E-state index contributed by atoms with van der Waals surface area (Å²) in [7, 11) is 2.59. The lowest BCUT2D eigenvalue weighted by molar-refractivity contribution is 0.161. The molecule has 6 heteroatoms. The van der Waals surface area contributed by atoms with Crippen LogP contribution < -0.4 is 10.6 Å². The lowest BCUT2D eigenvalue weighted by atomic mass is 9.91. The minimum absolute atomic E-state index is 0.452. The molecule has 0 spiro atoms. The molecule has 0 aromatic carbocycles. The van der Waals surface area contributed by atoms with Crippen LogP contribution in [0.1, 0.15) is 13.3 Å². The monoisotopic (exact) mass is 240 g/mol. The fourth-order valence-corrected chi connectivity index (χ4v) is 1.53. The third-order valence-corrected chi connectivity index (χ3v) is 2.34. The predicted octanol–water partition coefficient (Wildman–Crippen LogP) is 1.30. The maximum Gasteiger partial charge on any atom is 0.411 e. The van der Waals surface area contributed by atoms with E-state index in [0.29, 0.717) is 12.1 Å². The van der Waals surface area contributed by atoms with Crippen molar-refractivity contribution < 1.29 is 19.1 Å². The van der Waals surface area contributed by atoms with Crippen LogP contribution in [0.25, 0.3) is 0 Å². The first-order valence-corrected chi connectivity index (χ1v) is 5.08. The van der Waals surface area contributed by atoms with Gasteiger partial charge in [-0.3, -0.25) is 5.32 Å². The quantitative estimate of drug-likeness (QED) is 0.762. The van der Waals surface area contributed by atoms with Crippen LogP contribution >= 0.6 is 0 Å². The third-order valence-electron chi connectivity index (χ3n) is 2.34. The van der Waals surface area contributed by atoms with Gasteiger partial charge in [-0.1, -0.05) is 12.2 Å². The topological polar surface area (TPSA) is 76.7 Å².